The van der Waals surface area contributed by atoms with Crippen molar-refractivity contribution in [2.75, 3.05) is 10.6 Å². The molecule has 4 saturated carbocycles. The summed E-state index contributed by atoms with van der Waals surface area (Å²) in [6.45, 7) is 19.6. The number of para-hydroxylation sites is 2. The van der Waals surface area contributed by atoms with Crippen LogP contribution in [0, 0.1) is 52.3 Å². The van der Waals surface area contributed by atoms with Gasteiger partial charge in [-0.05, 0) is 143 Å². The Balaban J connectivity index is 1.21. The fourth-order valence-electron chi connectivity index (χ4n) is 11.4. The lowest BCUT2D eigenvalue weighted by molar-refractivity contribution is -0.118. The molecule has 0 radical (unpaired) electrons. The molecule has 0 bridgehead atoms. The van der Waals surface area contributed by atoms with Crippen molar-refractivity contribution in [3.63, 3.8) is 0 Å². The van der Waals surface area contributed by atoms with E-state index in [4.69, 9.17) is 4.99 Å². The van der Waals surface area contributed by atoms with Crippen molar-refractivity contribution in [2.45, 2.75) is 144 Å². The highest BCUT2D eigenvalue weighted by Gasteiger charge is 2.62. The molecule has 6 rings (SSSR count). The average Bonchev–Trinajstić information content (AvgIpc) is 3.26. The zero-order valence-corrected chi connectivity index (χ0v) is 27.8. The molecule has 0 aromatic heterocycles. The molecule has 1 heterocycles. The molecule has 4 fully saturated rings. The first-order valence-electron chi connectivity index (χ1n) is 17.6. The smallest absolute Gasteiger partial charge is 0.127 e. The van der Waals surface area contributed by atoms with E-state index in [9.17, 15) is 0 Å². The molecule has 3 nitrogen and oxygen atoms in total. The van der Waals surface area contributed by atoms with Crippen LogP contribution in [0.2, 0.25) is 0 Å². The fourth-order valence-corrected chi connectivity index (χ4v) is 11.4. The number of benzene rings is 1. The van der Waals surface area contributed by atoms with Crippen LogP contribution in [0.25, 0.3) is 0 Å². The summed E-state index contributed by atoms with van der Waals surface area (Å²) in [5.41, 5.74) is 3.33. The maximum atomic E-state index is 5.34. The van der Waals surface area contributed by atoms with Gasteiger partial charge >= 0.3 is 0 Å². The number of aliphatic imine (C=N–C) groups is 1. The zero-order chi connectivity index (χ0) is 29.2. The highest BCUT2D eigenvalue weighted by atomic mass is 15.2. The Hall–Kier alpha value is -1.51. The van der Waals surface area contributed by atoms with E-state index < -0.39 is 0 Å². The highest BCUT2D eigenvalue weighted by molar-refractivity contribution is 6.09. The van der Waals surface area contributed by atoms with E-state index in [0.29, 0.717) is 10.8 Å². The number of fused-ring (bicyclic) bond motifs is 6. The van der Waals surface area contributed by atoms with Gasteiger partial charge in [0.1, 0.15) is 5.84 Å². The van der Waals surface area contributed by atoms with Crippen LogP contribution in [0.3, 0.4) is 0 Å². The third-order valence-electron chi connectivity index (χ3n) is 13.4. The highest BCUT2D eigenvalue weighted by Crippen LogP contribution is 2.69. The number of hydrogen-bond donors (Lipinski definition) is 2. The summed E-state index contributed by atoms with van der Waals surface area (Å²) >= 11 is 0. The van der Waals surface area contributed by atoms with Crippen molar-refractivity contribution in [3.05, 3.63) is 24.3 Å². The van der Waals surface area contributed by atoms with E-state index in [1.807, 2.05) is 0 Å². The van der Waals surface area contributed by atoms with Gasteiger partial charge in [-0.25, -0.2) is 0 Å². The summed E-state index contributed by atoms with van der Waals surface area (Å²) in [7, 11) is 0. The maximum absolute atomic E-state index is 5.34. The van der Waals surface area contributed by atoms with E-state index in [1.54, 1.807) is 0 Å². The Kier molecular flexibility index (Phi) is 7.63. The van der Waals surface area contributed by atoms with Crippen LogP contribution in [0.15, 0.2) is 29.3 Å². The maximum Gasteiger partial charge on any atom is 0.127 e. The molecule has 1 aromatic carbocycles. The van der Waals surface area contributed by atoms with Gasteiger partial charge in [-0.2, -0.15) is 0 Å². The molecule has 3 heteroatoms. The minimum atomic E-state index is -0.0968. The molecule has 0 unspecified atom stereocenters. The van der Waals surface area contributed by atoms with Crippen LogP contribution in [0.5, 0.6) is 0 Å². The van der Waals surface area contributed by atoms with Crippen LogP contribution < -0.4 is 10.6 Å². The topological polar surface area (TPSA) is 36.4 Å². The summed E-state index contributed by atoms with van der Waals surface area (Å²) in [5.74, 6) is 7.50. The molecule has 2 N–H and O–H groups in total. The number of nitrogens with zero attached hydrogens (tertiary/aromatic N) is 1. The van der Waals surface area contributed by atoms with Gasteiger partial charge in [0, 0.05) is 0 Å². The van der Waals surface area contributed by atoms with E-state index in [-0.39, 0.29) is 11.1 Å². The Morgan fingerprint density at radius 2 is 1.59 bits per heavy atom. The molecular formula is C38H61N3. The van der Waals surface area contributed by atoms with E-state index >= 15 is 0 Å². The van der Waals surface area contributed by atoms with Gasteiger partial charge in [0.2, 0.25) is 0 Å². The van der Waals surface area contributed by atoms with Gasteiger partial charge in [0.05, 0.1) is 22.5 Å². The molecule has 1 aromatic rings. The molecule has 1 spiro atoms. The Labute approximate surface area is 252 Å². The molecule has 228 valence electrons. The van der Waals surface area contributed by atoms with Gasteiger partial charge in [-0.1, -0.05) is 66.0 Å². The molecule has 0 amide bonds. The van der Waals surface area contributed by atoms with Crippen LogP contribution in [-0.2, 0) is 0 Å². The number of rotatable bonds is 5. The largest absolute Gasteiger partial charge is 0.371 e. The van der Waals surface area contributed by atoms with Gasteiger partial charge in [0.15, 0.2) is 0 Å². The third kappa shape index (κ3) is 5.18. The minimum absolute atomic E-state index is 0.0638. The fraction of sp³-hybridized carbons (Fsp3) is 0.816. The summed E-state index contributed by atoms with van der Waals surface area (Å²) in [4.78, 5) is 5.34. The van der Waals surface area contributed by atoms with Gasteiger partial charge in [0.25, 0.3) is 0 Å². The second-order valence-electron chi connectivity index (χ2n) is 17.4. The second kappa shape index (κ2) is 10.6. The lowest BCUT2D eigenvalue weighted by atomic mass is 9.43. The summed E-state index contributed by atoms with van der Waals surface area (Å²) in [6, 6.07) is 8.76. The first-order chi connectivity index (χ1) is 19.3. The predicted octanol–water partition coefficient (Wildman–Crippen LogP) is 10.6. The second-order valence-corrected chi connectivity index (χ2v) is 17.4. The number of nitrogens with one attached hydrogen (secondary N) is 2. The van der Waals surface area contributed by atoms with E-state index in [1.165, 1.54) is 94.3 Å². The molecule has 5 aliphatic rings. The van der Waals surface area contributed by atoms with Crippen LogP contribution in [-0.4, -0.2) is 16.9 Å². The molecule has 41 heavy (non-hydrogen) atoms. The molecular weight excluding hydrogens is 498 g/mol. The van der Waals surface area contributed by atoms with Crippen LogP contribution in [0.1, 0.15) is 132 Å². The number of amidine groups is 1. The lowest BCUT2D eigenvalue weighted by Gasteiger charge is -2.63. The van der Waals surface area contributed by atoms with Gasteiger partial charge in [-0.15, -0.1) is 0 Å². The standard InChI is InChI=1S/C38H61N3/c1-25(2)12-11-13-26(3)29-18-19-30-28-17-16-27-24-38(23-22-36(27,7)31(28)20-21-37(29,30)8)34(41-35(4,5)6)39-32-14-9-10-15-33(32)40-38/h9-10,14-15,25-31,40H,11-13,16-24H2,1-8H3,(H,39,41)/t26-,27+,28+,29-,30+,31+,36+,37-,38+/m1/s1. The van der Waals surface area contributed by atoms with E-state index in [2.05, 4.69) is 90.3 Å². The first-order valence-corrected chi connectivity index (χ1v) is 17.6. The van der Waals surface area contributed by atoms with Crippen LogP contribution >= 0.6 is 0 Å². The quantitative estimate of drug-likeness (QED) is 0.376. The molecule has 4 aliphatic carbocycles. The zero-order valence-electron chi connectivity index (χ0n) is 27.8. The van der Waals surface area contributed by atoms with Gasteiger partial charge < -0.3 is 10.6 Å². The van der Waals surface area contributed by atoms with Crippen molar-refractivity contribution in [1.29, 1.82) is 0 Å². The SMILES string of the molecule is CC(C)CCC[C@@H](C)[C@H]1CC[C@H]2[C@@H]3CC[C@H]4C[C@]5(CC[C@]4(C)[C@H]3CC[C@]12C)Nc1ccccc1NC5=NC(C)(C)C. The molecule has 9 atom stereocenters. The van der Waals surface area contributed by atoms with Crippen LogP contribution in [0.4, 0.5) is 11.4 Å². The molecule has 0 saturated heterocycles. The third-order valence-corrected chi connectivity index (χ3v) is 13.4. The van der Waals surface area contributed by atoms with Crippen molar-refractivity contribution in [1.82, 2.24) is 0 Å². The average molecular weight is 560 g/mol. The minimum Gasteiger partial charge on any atom is -0.371 e. The van der Waals surface area contributed by atoms with Crippen molar-refractivity contribution >= 4 is 17.2 Å². The lowest BCUT2D eigenvalue weighted by Crippen LogP contribution is -2.62. The van der Waals surface area contributed by atoms with Crippen molar-refractivity contribution < 1.29 is 0 Å². The first kappa shape index (κ1) is 29.6. The van der Waals surface area contributed by atoms with E-state index in [0.717, 1.165) is 41.4 Å². The Morgan fingerprint density at radius 1 is 0.854 bits per heavy atom. The summed E-state index contributed by atoms with van der Waals surface area (Å²) in [6.07, 6.45) is 16.9. The molecule has 1 aliphatic heterocycles. The van der Waals surface area contributed by atoms with Gasteiger partial charge in [-0.3, -0.25) is 4.99 Å². The normalized spacial score (nSPS) is 41.7. The summed E-state index contributed by atoms with van der Waals surface area (Å²) < 4.78 is 0. The Bertz CT molecular complexity index is 1130. The predicted molar refractivity (Wildman–Crippen MR) is 177 cm³/mol. The Morgan fingerprint density at radius 3 is 2.32 bits per heavy atom. The number of hydrogen-bond acceptors (Lipinski definition) is 2. The van der Waals surface area contributed by atoms with Crippen molar-refractivity contribution in [3.8, 4) is 0 Å². The summed E-state index contributed by atoms with van der Waals surface area (Å²) in [5, 5.41) is 7.94. The number of anilines is 2. The monoisotopic (exact) mass is 559 g/mol. The van der Waals surface area contributed by atoms with Crippen molar-refractivity contribution in [2.24, 2.45) is 57.2 Å².